The number of benzene rings is 8. The van der Waals surface area contributed by atoms with E-state index in [1.165, 1.54) is 91.5 Å². The van der Waals surface area contributed by atoms with Gasteiger partial charge in [-0.25, -0.2) is 0 Å². The highest BCUT2D eigenvalue weighted by molar-refractivity contribution is 7.26. The van der Waals surface area contributed by atoms with E-state index in [2.05, 4.69) is 168 Å². The molecule has 46 heavy (non-hydrogen) atoms. The minimum Gasteiger partial charge on any atom is -0.309 e. The molecule has 0 bridgehead atoms. The van der Waals surface area contributed by atoms with Gasteiger partial charge >= 0.3 is 0 Å². The van der Waals surface area contributed by atoms with Gasteiger partial charge < -0.3 is 4.57 Å². The van der Waals surface area contributed by atoms with Crippen LogP contribution in [0, 0.1) is 0 Å². The molecule has 0 saturated carbocycles. The van der Waals surface area contributed by atoms with Gasteiger partial charge in [-0.2, -0.15) is 0 Å². The Labute approximate surface area is 270 Å². The van der Waals surface area contributed by atoms with Crippen molar-refractivity contribution in [3.63, 3.8) is 0 Å². The molecule has 214 valence electrons. The number of hydrogen-bond acceptors (Lipinski definition) is 1. The minimum absolute atomic E-state index is 1.17. The molecule has 0 aliphatic carbocycles. The van der Waals surface area contributed by atoms with Gasteiger partial charge in [0, 0.05) is 36.6 Å². The fourth-order valence-electron chi connectivity index (χ4n) is 7.43. The molecule has 0 N–H and O–H groups in total. The van der Waals surface area contributed by atoms with Crippen molar-refractivity contribution in [1.82, 2.24) is 4.57 Å². The summed E-state index contributed by atoms with van der Waals surface area (Å²) < 4.78 is 5.14. The first-order chi connectivity index (χ1) is 22.8. The molecular formula is C44H27NS. The van der Waals surface area contributed by atoms with E-state index in [1.54, 1.807) is 0 Å². The van der Waals surface area contributed by atoms with Crippen LogP contribution in [0.2, 0.25) is 0 Å². The van der Waals surface area contributed by atoms with Crippen LogP contribution in [0.1, 0.15) is 0 Å². The summed E-state index contributed by atoms with van der Waals surface area (Å²) >= 11 is 1.90. The summed E-state index contributed by atoms with van der Waals surface area (Å²) in [6, 6.07) is 60.1. The average molecular weight is 602 g/mol. The number of fused-ring (bicyclic) bond motifs is 10. The lowest BCUT2D eigenvalue weighted by Crippen LogP contribution is -1.94. The molecule has 0 aliphatic rings. The molecular weight excluding hydrogens is 575 g/mol. The molecule has 0 unspecified atom stereocenters. The number of rotatable bonds is 3. The predicted octanol–water partition coefficient (Wildman–Crippen LogP) is 12.8. The van der Waals surface area contributed by atoms with Gasteiger partial charge in [-0.15, -0.1) is 11.3 Å². The maximum Gasteiger partial charge on any atom is 0.0548 e. The SMILES string of the molecule is c1ccc(-c2cccc(-n3c4cc5c(cc4c4c6ccc(-c7ccccc7)cc6ccc43)sc3ccc4ccccc4c35)c2)cc1. The Morgan fingerprint density at radius 3 is 1.87 bits per heavy atom. The van der Waals surface area contributed by atoms with E-state index in [-0.39, 0.29) is 0 Å². The Bertz CT molecular complexity index is 2790. The van der Waals surface area contributed by atoms with Crippen molar-refractivity contribution in [2.75, 3.05) is 0 Å². The first kappa shape index (κ1) is 25.6. The third-order valence-electron chi connectivity index (χ3n) is 9.55. The van der Waals surface area contributed by atoms with Gasteiger partial charge in [0.2, 0.25) is 0 Å². The fraction of sp³-hybridized carbons (Fsp3) is 0. The van der Waals surface area contributed by atoms with Crippen molar-refractivity contribution in [2.24, 2.45) is 0 Å². The Kier molecular flexibility index (Phi) is 5.51. The summed E-state index contributed by atoms with van der Waals surface area (Å²) in [6.07, 6.45) is 0. The molecule has 10 aromatic rings. The zero-order chi connectivity index (χ0) is 30.2. The van der Waals surface area contributed by atoms with Crippen LogP contribution in [-0.4, -0.2) is 4.57 Å². The maximum atomic E-state index is 2.48. The van der Waals surface area contributed by atoms with E-state index in [9.17, 15) is 0 Å². The van der Waals surface area contributed by atoms with Gasteiger partial charge in [-0.05, 0) is 86.3 Å². The second kappa shape index (κ2) is 9.90. The van der Waals surface area contributed by atoms with Crippen molar-refractivity contribution in [1.29, 1.82) is 0 Å². The highest BCUT2D eigenvalue weighted by Crippen LogP contribution is 2.45. The van der Waals surface area contributed by atoms with Crippen LogP contribution in [0.4, 0.5) is 0 Å². The third kappa shape index (κ3) is 3.81. The van der Waals surface area contributed by atoms with Gasteiger partial charge in [0.25, 0.3) is 0 Å². The minimum atomic E-state index is 1.17. The summed E-state index contributed by atoms with van der Waals surface area (Å²) in [6.45, 7) is 0. The molecule has 0 fully saturated rings. The summed E-state index contributed by atoms with van der Waals surface area (Å²) in [7, 11) is 0. The Hall–Kier alpha value is -5.70. The normalized spacial score (nSPS) is 11.9. The van der Waals surface area contributed by atoms with Crippen LogP contribution < -0.4 is 0 Å². The fourth-order valence-corrected chi connectivity index (χ4v) is 8.57. The molecule has 0 amide bonds. The molecule has 10 rings (SSSR count). The summed E-state index contributed by atoms with van der Waals surface area (Å²) in [4.78, 5) is 0. The van der Waals surface area contributed by atoms with E-state index in [0.29, 0.717) is 0 Å². The molecule has 0 spiro atoms. The summed E-state index contributed by atoms with van der Waals surface area (Å²) in [5.41, 5.74) is 8.56. The van der Waals surface area contributed by atoms with Crippen LogP contribution >= 0.6 is 11.3 Å². The maximum absolute atomic E-state index is 2.48. The standard InChI is InChI=1S/C44H27NS/c1-3-10-28(11-4-1)31-15-9-16-34(25-31)45-39-22-19-33-24-32(29-12-5-2-6-13-29)18-21-36(33)43(39)37-27-42-38(26-40(37)45)44-35-17-8-7-14-30(35)20-23-41(44)46-42/h1-27H. The Morgan fingerprint density at radius 1 is 0.348 bits per heavy atom. The number of aromatic nitrogens is 1. The molecule has 0 atom stereocenters. The average Bonchev–Trinajstić information content (AvgIpc) is 3.66. The van der Waals surface area contributed by atoms with Crippen LogP contribution in [0.25, 0.3) is 91.5 Å². The van der Waals surface area contributed by atoms with E-state index in [4.69, 9.17) is 0 Å². The van der Waals surface area contributed by atoms with Crippen molar-refractivity contribution in [2.45, 2.75) is 0 Å². The first-order valence-electron chi connectivity index (χ1n) is 15.8. The van der Waals surface area contributed by atoms with Gasteiger partial charge in [0.1, 0.15) is 0 Å². The number of nitrogens with zero attached hydrogens (tertiary/aromatic N) is 1. The smallest absolute Gasteiger partial charge is 0.0548 e. The van der Waals surface area contributed by atoms with Crippen molar-refractivity contribution in [3.8, 4) is 27.9 Å². The predicted molar refractivity (Wildman–Crippen MR) is 200 cm³/mol. The Balaban J connectivity index is 1.33. The topological polar surface area (TPSA) is 4.93 Å². The van der Waals surface area contributed by atoms with Gasteiger partial charge in [0.05, 0.1) is 11.0 Å². The second-order valence-corrected chi connectivity index (χ2v) is 13.2. The highest BCUT2D eigenvalue weighted by atomic mass is 32.1. The lowest BCUT2D eigenvalue weighted by atomic mass is 9.98. The zero-order valence-electron chi connectivity index (χ0n) is 24.9. The number of hydrogen-bond donors (Lipinski definition) is 0. The van der Waals surface area contributed by atoms with Gasteiger partial charge in [-0.3, -0.25) is 0 Å². The third-order valence-corrected chi connectivity index (χ3v) is 10.7. The van der Waals surface area contributed by atoms with Crippen molar-refractivity contribution < 1.29 is 0 Å². The summed E-state index contributed by atoms with van der Waals surface area (Å²) in [5, 5.41) is 10.4. The Morgan fingerprint density at radius 2 is 1.04 bits per heavy atom. The molecule has 0 saturated heterocycles. The van der Waals surface area contributed by atoms with Crippen molar-refractivity contribution >= 4 is 74.9 Å². The van der Waals surface area contributed by atoms with Crippen LogP contribution in [0.3, 0.4) is 0 Å². The second-order valence-electron chi connectivity index (χ2n) is 12.1. The van der Waals surface area contributed by atoms with Crippen LogP contribution in [0.15, 0.2) is 164 Å². The van der Waals surface area contributed by atoms with E-state index in [1.807, 2.05) is 11.3 Å². The molecule has 2 aromatic heterocycles. The summed E-state index contributed by atoms with van der Waals surface area (Å²) in [5.74, 6) is 0. The monoisotopic (exact) mass is 601 g/mol. The molecule has 8 aromatic carbocycles. The molecule has 0 aliphatic heterocycles. The molecule has 2 heteroatoms. The van der Waals surface area contributed by atoms with Crippen molar-refractivity contribution in [3.05, 3.63) is 164 Å². The quantitative estimate of drug-likeness (QED) is 0.190. The van der Waals surface area contributed by atoms with Gasteiger partial charge in [0.15, 0.2) is 0 Å². The highest BCUT2D eigenvalue weighted by Gasteiger charge is 2.19. The lowest BCUT2D eigenvalue weighted by Gasteiger charge is -2.11. The van der Waals surface area contributed by atoms with Crippen LogP contribution in [0.5, 0.6) is 0 Å². The lowest BCUT2D eigenvalue weighted by molar-refractivity contribution is 1.18. The molecule has 1 nitrogen and oxygen atoms in total. The van der Waals surface area contributed by atoms with E-state index >= 15 is 0 Å². The molecule has 0 radical (unpaired) electrons. The number of thiophene rings is 1. The molecule has 2 heterocycles. The largest absolute Gasteiger partial charge is 0.309 e. The van der Waals surface area contributed by atoms with Gasteiger partial charge in [-0.1, -0.05) is 121 Å². The van der Waals surface area contributed by atoms with E-state index in [0.717, 1.165) is 0 Å². The van der Waals surface area contributed by atoms with E-state index < -0.39 is 0 Å². The zero-order valence-corrected chi connectivity index (χ0v) is 25.8. The van der Waals surface area contributed by atoms with Crippen LogP contribution in [-0.2, 0) is 0 Å². The first-order valence-corrected chi connectivity index (χ1v) is 16.6.